The van der Waals surface area contributed by atoms with Crippen LogP contribution < -0.4 is 0 Å². The van der Waals surface area contributed by atoms with Crippen molar-refractivity contribution in [1.29, 1.82) is 0 Å². The topological polar surface area (TPSA) is 4.93 Å². The highest BCUT2D eigenvalue weighted by Crippen LogP contribution is 2.68. The lowest BCUT2D eigenvalue weighted by Gasteiger charge is -2.49. The molecule has 63 heavy (non-hydrogen) atoms. The number of hydrogen-bond donors (Lipinski definition) is 0. The average Bonchev–Trinajstić information content (AvgIpc) is 3.96. The van der Waals surface area contributed by atoms with Crippen LogP contribution in [0.3, 0.4) is 0 Å². The molecule has 0 saturated heterocycles. The fourth-order valence-electron chi connectivity index (χ4n) is 12.2. The van der Waals surface area contributed by atoms with Crippen molar-refractivity contribution in [3.05, 3.63) is 281 Å². The van der Waals surface area contributed by atoms with Crippen LogP contribution in [0.25, 0.3) is 72.0 Å². The highest BCUT2D eigenvalue weighted by atomic mass is 15.0. The number of para-hydroxylation sites is 2. The first kappa shape index (κ1) is 34.5. The van der Waals surface area contributed by atoms with Gasteiger partial charge in [-0.25, -0.2) is 0 Å². The van der Waals surface area contributed by atoms with Crippen LogP contribution in [-0.4, -0.2) is 4.57 Å². The number of rotatable bonds is 3. The molecule has 0 N–H and O–H groups in total. The quantitative estimate of drug-likeness (QED) is 0.168. The van der Waals surface area contributed by atoms with Gasteiger partial charge in [-0.1, -0.05) is 194 Å². The number of benzene rings is 9. The molecular weight excluding hydrogens is 759 g/mol. The van der Waals surface area contributed by atoms with E-state index in [1.54, 1.807) is 0 Å². The summed E-state index contributed by atoms with van der Waals surface area (Å²) in [5, 5.41) is 2.51. The zero-order valence-electron chi connectivity index (χ0n) is 34.3. The number of fused-ring (bicyclic) bond motifs is 19. The van der Waals surface area contributed by atoms with E-state index in [1.165, 1.54) is 117 Å². The lowest BCUT2D eigenvalue weighted by molar-refractivity contribution is 0.634. The summed E-state index contributed by atoms with van der Waals surface area (Å²) >= 11 is 0. The fourth-order valence-corrected chi connectivity index (χ4v) is 12.2. The zero-order valence-corrected chi connectivity index (χ0v) is 34.3. The van der Waals surface area contributed by atoms with Crippen LogP contribution in [0.2, 0.25) is 0 Å². The first-order valence-corrected chi connectivity index (χ1v) is 21.9. The Morgan fingerprint density at radius 3 is 1.59 bits per heavy atom. The van der Waals surface area contributed by atoms with Crippen LogP contribution in [-0.2, 0) is 10.8 Å². The van der Waals surface area contributed by atoms with Gasteiger partial charge in [0.2, 0.25) is 0 Å². The van der Waals surface area contributed by atoms with E-state index in [0.29, 0.717) is 0 Å². The second-order valence-corrected chi connectivity index (χ2v) is 17.3. The van der Waals surface area contributed by atoms with Crippen molar-refractivity contribution < 1.29 is 0 Å². The van der Waals surface area contributed by atoms with Crippen molar-refractivity contribution in [2.75, 3.05) is 0 Å². The Kier molecular flexibility index (Phi) is 6.95. The molecule has 2 spiro atoms. The Morgan fingerprint density at radius 2 is 0.857 bits per heavy atom. The third-order valence-corrected chi connectivity index (χ3v) is 14.5. The van der Waals surface area contributed by atoms with Gasteiger partial charge in [-0.15, -0.1) is 0 Å². The van der Waals surface area contributed by atoms with E-state index in [9.17, 15) is 0 Å². The summed E-state index contributed by atoms with van der Waals surface area (Å²) in [5.41, 5.74) is 22.7. The van der Waals surface area contributed by atoms with E-state index in [4.69, 9.17) is 0 Å². The third-order valence-electron chi connectivity index (χ3n) is 14.5. The van der Waals surface area contributed by atoms with Crippen molar-refractivity contribution in [3.63, 3.8) is 0 Å². The van der Waals surface area contributed by atoms with Gasteiger partial charge in [-0.05, 0) is 126 Å². The lowest BCUT2D eigenvalue weighted by Crippen LogP contribution is -2.44. The molecule has 1 atom stereocenters. The maximum atomic E-state index is 3.75. The predicted molar refractivity (Wildman–Crippen MR) is 257 cm³/mol. The molecule has 11 aromatic rings. The van der Waals surface area contributed by atoms with Crippen molar-refractivity contribution >= 4 is 21.8 Å². The Labute approximate surface area is 366 Å². The molecule has 1 heteroatoms. The lowest BCUT2D eigenvalue weighted by atomic mass is 9.51. The largest absolute Gasteiger partial charge is 0.309 e. The van der Waals surface area contributed by atoms with Gasteiger partial charge in [-0.3, -0.25) is 0 Å². The van der Waals surface area contributed by atoms with Gasteiger partial charge in [0.05, 0.1) is 21.9 Å². The number of nitrogens with zero attached hydrogens (tertiary/aromatic N) is 1. The summed E-state index contributed by atoms with van der Waals surface area (Å²) in [4.78, 5) is 0. The van der Waals surface area contributed by atoms with Gasteiger partial charge in [0.15, 0.2) is 0 Å². The first-order valence-electron chi connectivity index (χ1n) is 21.9. The van der Waals surface area contributed by atoms with Gasteiger partial charge >= 0.3 is 0 Å². The van der Waals surface area contributed by atoms with Crippen LogP contribution in [0.4, 0.5) is 0 Å². The van der Waals surface area contributed by atoms with Crippen LogP contribution in [0.1, 0.15) is 44.5 Å². The summed E-state index contributed by atoms with van der Waals surface area (Å²) in [6.45, 7) is 0. The van der Waals surface area contributed by atoms with E-state index in [2.05, 4.69) is 235 Å². The van der Waals surface area contributed by atoms with Gasteiger partial charge in [-0.2, -0.15) is 0 Å². The highest BCUT2D eigenvalue weighted by molar-refractivity contribution is 6.10. The first-order chi connectivity index (χ1) is 31.3. The van der Waals surface area contributed by atoms with Crippen LogP contribution in [0.15, 0.2) is 224 Å². The van der Waals surface area contributed by atoms with Crippen LogP contribution in [0.5, 0.6) is 0 Å². The summed E-state index contributed by atoms with van der Waals surface area (Å²) in [5.74, 6) is 0. The molecule has 1 unspecified atom stereocenters. The molecule has 3 aliphatic carbocycles. The second-order valence-electron chi connectivity index (χ2n) is 17.3. The monoisotopic (exact) mass is 795 g/mol. The molecule has 0 fully saturated rings. The molecule has 3 aliphatic rings. The standard InChI is InChI=1S/C62H37N/c1-2-17-43(18-3-1)63-58-32-15-8-23-49(58)50-39-42(37-38-59(50)63)40-33-35-41(36-34-40)44-24-16-31-57-60(44)62(53-27-11-6-21-47(53)48-22-7-12-28-54(48)62)56-30-14-13-29-55(56)61(57)51-25-9-4-19-45(51)46-20-5-10-26-52(46)61/h1-9,11-25,27-39H. The summed E-state index contributed by atoms with van der Waals surface area (Å²) < 4.78 is 2.38. The second kappa shape index (κ2) is 12.7. The Hall–Kier alpha value is -8.18. The van der Waals surface area contributed by atoms with Crippen molar-refractivity contribution in [2.45, 2.75) is 10.8 Å². The smallest absolute Gasteiger partial charge is 0.0799 e. The molecule has 1 aromatic heterocycles. The Morgan fingerprint density at radius 1 is 0.333 bits per heavy atom. The minimum Gasteiger partial charge on any atom is -0.309 e. The van der Waals surface area contributed by atoms with Crippen molar-refractivity contribution in [1.82, 2.24) is 4.57 Å². The number of aromatic nitrogens is 1. The predicted octanol–water partition coefficient (Wildman–Crippen LogP) is 14.8. The zero-order chi connectivity index (χ0) is 41.3. The molecule has 1 nitrogen and oxygen atoms in total. The Bertz CT molecular complexity index is 3590. The van der Waals surface area contributed by atoms with E-state index >= 15 is 0 Å². The Balaban J connectivity index is 1.03. The molecular formula is C62H37N. The molecule has 0 saturated carbocycles. The summed E-state index contributed by atoms with van der Waals surface area (Å²) in [6, 6.07) is 90.9. The molecule has 0 bridgehead atoms. The normalized spacial score (nSPS) is 14.2. The molecule has 0 radical (unpaired) electrons. The van der Waals surface area contributed by atoms with Crippen molar-refractivity contribution in [2.24, 2.45) is 0 Å². The molecule has 290 valence electrons. The summed E-state index contributed by atoms with van der Waals surface area (Å²) in [6.07, 6.45) is 0. The highest BCUT2D eigenvalue weighted by Gasteiger charge is 2.59. The summed E-state index contributed by atoms with van der Waals surface area (Å²) in [7, 11) is 0. The van der Waals surface area contributed by atoms with E-state index < -0.39 is 10.8 Å². The van der Waals surface area contributed by atoms with Gasteiger partial charge in [0, 0.05) is 22.0 Å². The maximum absolute atomic E-state index is 3.75. The fraction of sp³-hybridized carbons (Fsp3) is 0.0323. The van der Waals surface area contributed by atoms with E-state index in [0.717, 1.165) is 0 Å². The molecule has 0 amide bonds. The van der Waals surface area contributed by atoms with Gasteiger partial charge < -0.3 is 4.57 Å². The van der Waals surface area contributed by atoms with Gasteiger partial charge in [0.25, 0.3) is 0 Å². The van der Waals surface area contributed by atoms with E-state index in [-0.39, 0.29) is 0 Å². The molecule has 10 aromatic carbocycles. The van der Waals surface area contributed by atoms with Crippen LogP contribution in [0, 0.1) is 12.1 Å². The average molecular weight is 796 g/mol. The minimum absolute atomic E-state index is 0.576. The van der Waals surface area contributed by atoms with Crippen molar-refractivity contribution in [3.8, 4) is 50.2 Å². The van der Waals surface area contributed by atoms with Gasteiger partial charge in [0.1, 0.15) is 0 Å². The third kappa shape index (κ3) is 4.32. The minimum atomic E-state index is -0.600. The molecule has 0 aliphatic heterocycles. The molecule has 14 rings (SSSR count). The van der Waals surface area contributed by atoms with E-state index in [1.807, 2.05) is 6.07 Å². The molecule has 1 heterocycles. The SMILES string of the molecule is c1ccc2c(c#1)C1(c3ccccc3-2)c2ccccc2C2(c3ccccc3-c3ccccc32)c2c(-c3ccc(-c4ccc5c(c4)c4ccccc4n5-c4ccccc4)cc3)cccc21. The van der Waals surface area contributed by atoms with Crippen LogP contribution >= 0.6 is 0 Å². The number of hydrogen-bond acceptors (Lipinski definition) is 0. The maximum Gasteiger partial charge on any atom is 0.0799 e.